The number of hydrogen-bond acceptors (Lipinski definition) is 6. The standard InChI is InChI=1S/C16H18N4O5/c1-16(10-20(2)9-13(19(22)23)18-14(20)25-16)11-24-15(21)17-8-12-6-4-3-5-7-12/h3-7,9H,8,10-11H2,1-2H3/p+1. The van der Waals surface area contributed by atoms with Crippen LogP contribution in [-0.2, 0) is 16.0 Å². The van der Waals surface area contributed by atoms with Crippen LogP contribution in [0.15, 0.2) is 47.3 Å². The number of carbonyl (C=O) groups is 1. The fraction of sp³-hybridized carbons (Fsp3) is 0.375. The van der Waals surface area contributed by atoms with Crippen molar-refractivity contribution in [2.24, 2.45) is 4.99 Å². The summed E-state index contributed by atoms with van der Waals surface area (Å²) in [7, 11) is 1.76. The molecule has 1 aromatic carbocycles. The molecule has 0 aromatic heterocycles. The van der Waals surface area contributed by atoms with Crippen LogP contribution >= 0.6 is 0 Å². The fourth-order valence-electron chi connectivity index (χ4n) is 2.94. The second-order valence-electron chi connectivity index (χ2n) is 6.53. The summed E-state index contributed by atoms with van der Waals surface area (Å²) in [4.78, 5) is 26.0. The van der Waals surface area contributed by atoms with Gasteiger partial charge in [-0.15, -0.1) is 0 Å². The maximum atomic E-state index is 11.9. The van der Waals surface area contributed by atoms with Gasteiger partial charge in [0.05, 0.1) is 12.0 Å². The number of nitro groups is 1. The Morgan fingerprint density at radius 3 is 2.84 bits per heavy atom. The average Bonchev–Trinajstić information content (AvgIpc) is 3.00. The van der Waals surface area contributed by atoms with Gasteiger partial charge in [-0.1, -0.05) is 30.3 Å². The van der Waals surface area contributed by atoms with Gasteiger partial charge in [0.1, 0.15) is 13.2 Å². The van der Waals surface area contributed by atoms with Crippen molar-refractivity contribution in [2.45, 2.75) is 19.1 Å². The first-order valence-corrected chi connectivity index (χ1v) is 7.75. The number of likely N-dealkylation sites (N-methyl/N-ethyl adjacent to an activating group) is 1. The Balaban J connectivity index is 1.52. The molecule has 9 nitrogen and oxygen atoms in total. The summed E-state index contributed by atoms with van der Waals surface area (Å²) in [6, 6.07) is 9.72. The van der Waals surface area contributed by atoms with Crippen LogP contribution in [0.1, 0.15) is 12.5 Å². The summed E-state index contributed by atoms with van der Waals surface area (Å²) in [5.41, 5.74) is 0.171. The van der Waals surface area contributed by atoms with Gasteiger partial charge in [-0.2, -0.15) is 4.48 Å². The average molecular weight is 347 g/mol. The Bertz CT molecular complexity index is 763. The molecule has 2 atom stereocenters. The first kappa shape index (κ1) is 16.9. The summed E-state index contributed by atoms with van der Waals surface area (Å²) in [6.07, 6.45) is 0.877. The minimum absolute atomic E-state index is 0.0160. The van der Waals surface area contributed by atoms with Gasteiger partial charge in [0.25, 0.3) is 0 Å². The van der Waals surface area contributed by atoms with Crippen molar-refractivity contribution in [3.63, 3.8) is 0 Å². The number of nitrogens with zero attached hydrogens (tertiary/aromatic N) is 3. The second kappa shape index (κ2) is 6.17. The summed E-state index contributed by atoms with van der Waals surface area (Å²) < 4.78 is 11.1. The first-order valence-electron chi connectivity index (χ1n) is 7.75. The largest absolute Gasteiger partial charge is 0.518 e. The molecular weight excluding hydrogens is 328 g/mol. The molecule has 3 rings (SSSR count). The van der Waals surface area contributed by atoms with Crippen LogP contribution in [0.25, 0.3) is 0 Å². The van der Waals surface area contributed by atoms with E-state index in [-0.39, 0.29) is 22.9 Å². The smallest absolute Gasteiger partial charge is 0.445 e. The van der Waals surface area contributed by atoms with Gasteiger partial charge < -0.3 is 24.9 Å². The third kappa shape index (κ3) is 3.61. The van der Waals surface area contributed by atoms with E-state index >= 15 is 0 Å². The Kier molecular flexibility index (Phi) is 4.17. The molecule has 0 saturated carbocycles. The van der Waals surface area contributed by atoms with E-state index in [1.165, 1.54) is 6.20 Å². The normalized spacial score (nSPS) is 27.0. The summed E-state index contributed by atoms with van der Waals surface area (Å²) >= 11 is 0. The predicted molar refractivity (Wildman–Crippen MR) is 87.7 cm³/mol. The number of fused-ring (bicyclic) bond motifs is 1. The van der Waals surface area contributed by atoms with Crippen LogP contribution in [0.4, 0.5) is 4.79 Å². The summed E-state index contributed by atoms with van der Waals surface area (Å²) in [5, 5.41) is 13.5. The molecule has 132 valence electrons. The number of rotatable bonds is 5. The van der Waals surface area contributed by atoms with Crippen molar-refractivity contribution in [2.75, 3.05) is 20.2 Å². The van der Waals surface area contributed by atoms with Crippen LogP contribution in [-0.4, -0.2) is 47.3 Å². The van der Waals surface area contributed by atoms with E-state index in [9.17, 15) is 14.9 Å². The van der Waals surface area contributed by atoms with Gasteiger partial charge >= 0.3 is 17.9 Å². The number of amidine groups is 1. The lowest BCUT2D eigenvalue weighted by molar-refractivity contribution is -0.762. The number of amides is 1. The molecule has 0 spiro atoms. The highest BCUT2D eigenvalue weighted by molar-refractivity contribution is 5.72. The van der Waals surface area contributed by atoms with Crippen molar-refractivity contribution in [1.82, 2.24) is 5.32 Å². The third-order valence-corrected chi connectivity index (χ3v) is 4.02. The second-order valence-corrected chi connectivity index (χ2v) is 6.53. The van der Waals surface area contributed by atoms with Crippen molar-refractivity contribution in [1.29, 1.82) is 0 Å². The van der Waals surface area contributed by atoms with Gasteiger partial charge in [0.15, 0.2) is 5.60 Å². The van der Waals surface area contributed by atoms with Crippen LogP contribution in [0.3, 0.4) is 0 Å². The van der Waals surface area contributed by atoms with E-state index in [0.717, 1.165) is 5.56 Å². The molecule has 25 heavy (non-hydrogen) atoms. The molecule has 0 aliphatic carbocycles. The zero-order valence-electron chi connectivity index (χ0n) is 14.0. The topological polar surface area (TPSA) is 103 Å². The number of quaternary nitrogens is 1. The number of carbonyl (C=O) groups excluding carboxylic acids is 1. The highest BCUT2D eigenvalue weighted by Gasteiger charge is 2.59. The van der Waals surface area contributed by atoms with E-state index in [4.69, 9.17) is 9.47 Å². The number of hydrogen-bond donors (Lipinski definition) is 1. The molecule has 0 radical (unpaired) electrons. The highest BCUT2D eigenvalue weighted by Crippen LogP contribution is 2.33. The Morgan fingerprint density at radius 2 is 2.20 bits per heavy atom. The molecule has 2 unspecified atom stereocenters. The van der Waals surface area contributed by atoms with E-state index < -0.39 is 16.6 Å². The molecule has 1 aromatic rings. The Morgan fingerprint density at radius 1 is 1.48 bits per heavy atom. The van der Waals surface area contributed by atoms with E-state index in [1.54, 1.807) is 14.0 Å². The Hall–Kier alpha value is -2.94. The quantitative estimate of drug-likeness (QED) is 0.495. The maximum absolute atomic E-state index is 11.9. The lowest BCUT2D eigenvalue weighted by Gasteiger charge is -2.20. The Labute approximate surface area is 144 Å². The maximum Gasteiger partial charge on any atom is 0.518 e. The van der Waals surface area contributed by atoms with Crippen molar-refractivity contribution in [3.05, 3.63) is 58.0 Å². The third-order valence-electron chi connectivity index (χ3n) is 4.02. The van der Waals surface area contributed by atoms with Gasteiger partial charge in [0, 0.05) is 6.54 Å². The van der Waals surface area contributed by atoms with E-state index in [0.29, 0.717) is 13.1 Å². The van der Waals surface area contributed by atoms with E-state index in [1.807, 2.05) is 30.3 Å². The van der Waals surface area contributed by atoms with Crippen LogP contribution < -0.4 is 5.32 Å². The van der Waals surface area contributed by atoms with Crippen molar-refractivity contribution < 1.29 is 23.7 Å². The number of nitrogens with one attached hydrogen (secondary N) is 1. The highest BCUT2D eigenvalue weighted by atomic mass is 16.6. The van der Waals surface area contributed by atoms with Gasteiger partial charge in [-0.3, -0.25) is 0 Å². The zero-order chi connectivity index (χ0) is 18.1. The molecular formula is C16H19N4O5+. The number of alkyl carbamates (subject to hydrolysis) is 1. The monoisotopic (exact) mass is 347 g/mol. The molecule has 9 heteroatoms. The molecule has 2 aliphatic heterocycles. The first-order chi connectivity index (χ1) is 11.8. The number of aliphatic imine (C=N–C) groups is 1. The van der Waals surface area contributed by atoms with E-state index in [2.05, 4.69) is 10.3 Å². The minimum Gasteiger partial charge on any atom is -0.445 e. The predicted octanol–water partition coefficient (Wildman–Crippen LogP) is 1.59. The van der Waals surface area contributed by atoms with Crippen LogP contribution in [0.2, 0.25) is 0 Å². The van der Waals surface area contributed by atoms with Gasteiger partial charge in [-0.25, -0.2) is 4.79 Å². The number of benzene rings is 1. The van der Waals surface area contributed by atoms with Gasteiger partial charge in [0.2, 0.25) is 6.20 Å². The molecule has 1 saturated heterocycles. The fourth-order valence-corrected chi connectivity index (χ4v) is 2.94. The lowest BCUT2D eigenvalue weighted by atomic mass is 10.1. The van der Waals surface area contributed by atoms with Crippen molar-refractivity contribution >= 4 is 12.1 Å². The molecule has 2 heterocycles. The molecule has 0 bridgehead atoms. The molecule has 2 aliphatic rings. The van der Waals surface area contributed by atoms with Crippen LogP contribution in [0, 0.1) is 10.1 Å². The number of ether oxygens (including phenoxy) is 2. The zero-order valence-corrected chi connectivity index (χ0v) is 14.0. The molecule has 1 N–H and O–H groups in total. The summed E-state index contributed by atoms with van der Waals surface area (Å²) in [5.74, 6) is -0.235. The molecule has 1 fully saturated rings. The SMILES string of the molecule is CC1(COC(=O)NCc2ccccc2)C[N+]2(C)C=C([N+](=O)[O-])N=C2O1. The summed E-state index contributed by atoms with van der Waals surface area (Å²) in [6.45, 7) is 2.55. The van der Waals surface area contributed by atoms with Crippen molar-refractivity contribution in [3.8, 4) is 0 Å². The minimum atomic E-state index is -0.795. The van der Waals surface area contributed by atoms with Gasteiger partial charge in [-0.05, 0) is 17.4 Å². The van der Waals surface area contributed by atoms with Crippen LogP contribution in [0.5, 0.6) is 0 Å². The lowest BCUT2D eigenvalue weighted by Crippen LogP contribution is -2.43. The molecule has 1 amide bonds.